The molecule has 3 atom stereocenters. The maximum atomic E-state index is 11.3. The molecule has 0 radical (unpaired) electrons. The zero-order valence-electron chi connectivity index (χ0n) is 20.4. The second kappa shape index (κ2) is 12.2. The lowest BCUT2D eigenvalue weighted by molar-refractivity contribution is -0.137. The van der Waals surface area contributed by atoms with Gasteiger partial charge < -0.3 is 24.3 Å². The molecule has 1 aliphatic heterocycles. The molecule has 4 rings (SSSR count). The summed E-state index contributed by atoms with van der Waals surface area (Å²) in [5.74, 6) is 0.748. The molecule has 2 N–H and O–H groups in total. The number of carbonyl (C=O) groups is 1. The molecule has 1 aliphatic rings. The number of aryl methyl sites for hydroxylation is 1. The third-order valence-electron chi connectivity index (χ3n) is 7.38. The molecule has 1 aromatic carbocycles. The van der Waals surface area contributed by atoms with Gasteiger partial charge in [0, 0.05) is 24.5 Å². The van der Waals surface area contributed by atoms with E-state index in [1.54, 1.807) is 25.8 Å². The van der Waals surface area contributed by atoms with E-state index in [9.17, 15) is 15.0 Å². The summed E-state index contributed by atoms with van der Waals surface area (Å²) in [4.78, 5) is 18.2. The SMILES string of the molecule is COc1ccc2nccc([C@H](O)CC[C@@H]3CCN(CCCc4ccoc4)C[C@H]3CCC(=O)O)c2c1. The number of carboxylic acid groups (broad SMARTS) is 1. The Labute approximate surface area is 206 Å². The van der Waals surface area contributed by atoms with Gasteiger partial charge in [0.15, 0.2) is 0 Å². The standard InChI is InChI=1S/C28H36N2O5/c1-34-23-6-7-26-25(17-23)24(10-13-29-26)27(31)8-4-21-11-15-30(18-22(21)5-9-28(32)33)14-2-3-20-12-16-35-19-20/h6-7,10,12-13,16-17,19,21-22,27,31H,2-5,8-9,11,14-15,18H2,1H3,(H,32,33)/t21-,22-,27-/m1/s1. The van der Waals surface area contributed by atoms with Crippen molar-refractivity contribution in [2.75, 3.05) is 26.7 Å². The van der Waals surface area contributed by atoms with Gasteiger partial charge in [-0.1, -0.05) is 0 Å². The number of methoxy groups -OCH3 is 1. The number of fused-ring (bicyclic) bond motifs is 1. The number of hydrogen-bond donors (Lipinski definition) is 2. The number of aliphatic carboxylic acids is 1. The highest BCUT2D eigenvalue weighted by Gasteiger charge is 2.30. The summed E-state index contributed by atoms with van der Waals surface area (Å²) in [6, 6.07) is 9.61. The number of pyridine rings is 1. The van der Waals surface area contributed by atoms with Crippen molar-refractivity contribution >= 4 is 16.9 Å². The number of piperidine rings is 1. The van der Waals surface area contributed by atoms with Gasteiger partial charge in [0.25, 0.3) is 0 Å². The van der Waals surface area contributed by atoms with E-state index in [1.807, 2.05) is 30.3 Å². The van der Waals surface area contributed by atoms with E-state index < -0.39 is 12.1 Å². The van der Waals surface area contributed by atoms with Crippen molar-refractivity contribution in [2.45, 2.75) is 51.0 Å². The van der Waals surface area contributed by atoms with E-state index in [0.717, 1.165) is 67.5 Å². The van der Waals surface area contributed by atoms with Crippen LogP contribution < -0.4 is 4.74 Å². The first kappa shape index (κ1) is 25.2. The number of furan rings is 1. The lowest BCUT2D eigenvalue weighted by Crippen LogP contribution is -2.41. The minimum Gasteiger partial charge on any atom is -0.497 e. The summed E-state index contributed by atoms with van der Waals surface area (Å²) in [5, 5.41) is 21.3. The molecule has 3 heterocycles. The van der Waals surface area contributed by atoms with Crippen molar-refractivity contribution in [1.29, 1.82) is 0 Å². The monoisotopic (exact) mass is 480 g/mol. The topological polar surface area (TPSA) is 96.0 Å². The zero-order valence-corrected chi connectivity index (χ0v) is 20.4. The van der Waals surface area contributed by atoms with Crippen molar-refractivity contribution in [1.82, 2.24) is 9.88 Å². The number of hydrogen-bond acceptors (Lipinski definition) is 6. The van der Waals surface area contributed by atoms with Crippen molar-refractivity contribution < 1.29 is 24.2 Å². The van der Waals surface area contributed by atoms with Gasteiger partial charge in [0.2, 0.25) is 0 Å². The van der Waals surface area contributed by atoms with Gasteiger partial charge in [-0.2, -0.15) is 0 Å². The van der Waals surface area contributed by atoms with E-state index in [2.05, 4.69) is 9.88 Å². The van der Waals surface area contributed by atoms with Crippen molar-refractivity contribution in [3.8, 4) is 5.75 Å². The molecule has 7 nitrogen and oxygen atoms in total. The minimum atomic E-state index is -0.738. The zero-order chi connectivity index (χ0) is 24.6. The summed E-state index contributed by atoms with van der Waals surface area (Å²) in [5.41, 5.74) is 2.93. The number of nitrogens with zero attached hydrogens (tertiary/aromatic N) is 2. The fourth-order valence-electron chi connectivity index (χ4n) is 5.41. The molecule has 0 saturated carbocycles. The van der Waals surface area contributed by atoms with Crippen molar-refractivity contribution in [3.05, 3.63) is 60.2 Å². The molecule has 1 saturated heterocycles. The van der Waals surface area contributed by atoms with Crippen LogP contribution in [0.25, 0.3) is 10.9 Å². The van der Waals surface area contributed by atoms with E-state index in [-0.39, 0.29) is 6.42 Å². The van der Waals surface area contributed by atoms with Crippen LogP contribution in [0.15, 0.2) is 53.5 Å². The van der Waals surface area contributed by atoms with Crippen LogP contribution in [0.2, 0.25) is 0 Å². The first-order valence-corrected chi connectivity index (χ1v) is 12.6. The second-order valence-corrected chi connectivity index (χ2v) is 9.65. The van der Waals surface area contributed by atoms with Crippen molar-refractivity contribution in [2.24, 2.45) is 11.8 Å². The van der Waals surface area contributed by atoms with Crippen molar-refractivity contribution in [3.63, 3.8) is 0 Å². The van der Waals surface area contributed by atoms with Crippen LogP contribution in [-0.4, -0.2) is 52.8 Å². The first-order valence-electron chi connectivity index (χ1n) is 12.6. The number of likely N-dealkylation sites (tertiary alicyclic amines) is 1. The van der Waals surface area contributed by atoms with Gasteiger partial charge in [0.05, 0.1) is 31.3 Å². The Bertz CT molecular complexity index is 1080. The highest BCUT2D eigenvalue weighted by atomic mass is 16.5. The number of ether oxygens (including phenoxy) is 1. The molecule has 2 aromatic heterocycles. The summed E-state index contributed by atoms with van der Waals surface area (Å²) in [7, 11) is 1.63. The molecular weight excluding hydrogens is 444 g/mol. The van der Waals surface area contributed by atoms with Crippen LogP contribution in [0.3, 0.4) is 0 Å². The predicted octanol–water partition coefficient (Wildman–Crippen LogP) is 5.09. The number of aromatic nitrogens is 1. The van der Waals surface area contributed by atoms with Crippen LogP contribution in [0.4, 0.5) is 0 Å². The third-order valence-corrected chi connectivity index (χ3v) is 7.38. The lowest BCUT2D eigenvalue weighted by Gasteiger charge is -2.39. The Morgan fingerprint density at radius 3 is 2.91 bits per heavy atom. The predicted molar refractivity (Wildman–Crippen MR) is 134 cm³/mol. The molecule has 35 heavy (non-hydrogen) atoms. The summed E-state index contributed by atoms with van der Waals surface area (Å²) in [6.45, 7) is 2.95. The summed E-state index contributed by atoms with van der Waals surface area (Å²) in [6.07, 6.45) is 10.1. The van der Waals surface area contributed by atoms with Crippen LogP contribution in [0.5, 0.6) is 5.75 Å². The molecule has 0 aliphatic carbocycles. The lowest BCUT2D eigenvalue weighted by atomic mass is 9.79. The third kappa shape index (κ3) is 6.83. The van der Waals surface area contributed by atoms with Gasteiger partial charge in [-0.3, -0.25) is 9.78 Å². The Kier molecular flexibility index (Phi) is 8.77. The molecule has 1 fully saturated rings. The van der Waals surface area contributed by atoms with Crippen LogP contribution >= 0.6 is 0 Å². The average molecular weight is 481 g/mol. The highest BCUT2D eigenvalue weighted by Crippen LogP contribution is 2.35. The largest absolute Gasteiger partial charge is 0.497 e. The molecule has 7 heteroatoms. The van der Waals surface area contributed by atoms with Gasteiger partial charge in [-0.05, 0) is 105 Å². The highest BCUT2D eigenvalue weighted by molar-refractivity contribution is 5.83. The first-order chi connectivity index (χ1) is 17.0. The molecular formula is C28H36N2O5. The molecule has 3 aromatic rings. The van der Waals surface area contributed by atoms with E-state index in [4.69, 9.17) is 9.15 Å². The smallest absolute Gasteiger partial charge is 0.303 e. The number of rotatable bonds is 12. The van der Waals surface area contributed by atoms with E-state index in [0.29, 0.717) is 24.7 Å². The quantitative estimate of drug-likeness (QED) is 0.373. The Hall–Kier alpha value is -2.90. The van der Waals surface area contributed by atoms with Gasteiger partial charge in [0.1, 0.15) is 5.75 Å². The van der Waals surface area contributed by atoms with Gasteiger partial charge in [-0.25, -0.2) is 0 Å². The van der Waals surface area contributed by atoms with Gasteiger partial charge >= 0.3 is 5.97 Å². The summed E-state index contributed by atoms with van der Waals surface area (Å²) < 4.78 is 10.5. The maximum absolute atomic E-state index is 11.3. The number of carboxylic acids is 1. The van der Waals surface area contributed by atoms with E-state index in [1.165, 1.54) is 5.56 Å². The maximum Gasteiger partial charge on any atom is 0.303 e. The number of benzene rings is 1. The number of aliphatic hydroxyl groups is 1. The van der Waals surface area contributed by atoms with Crippen LogP contribution in [0.1, 0.15) is 55.8 Å². The van der Waals surface area contributed by atoms with Crippen LogP contribution in [-0.2, 0) is 11.2 Å². The molecule has 0 amide bonds. The molecule has 0 unspecified atom stereocenters. The Balaban J connectivity index is 1.36. The van der Waals surface area contributed by atoms with Gasteiger partial charge in [-0.15, -0.1) is 0 Å². The van der Waals surface area contributed by atoms with E-state index >= 15 is 0 Å². The normalized spacial score (nSPS) is 19.6. The molecule has 0 spiro atoms. The molecule has 0 bridgehead atoms. The Morgan fingerprint density at radius 1 is 1.26 bits per heavy atom. The van der Waals surface area contributed by atoms with Crippen LogP contribution in [0, 0.1) is 11.8 Å². The fraction of sp³-hybridized carbons (Fsp3) is 0.500. The fourth-order valence-corrected chi connectivity index (χ4v) is 5.41. The summed E-state index contributed by atoms with van der Waals surface area (Å²) >= 11 is 0. The average Bonchev–Trinajstić information content (AvgIpc) is 3.39. The number of aliphatic hydroxyl groups excluding tert-OH is 1. The Morgan fingerprint density at radius 2 is 2.14 bits per heavy atom. The minimum absolute atomic E-state index is 0.196. The second-order valence-electron chi connectivity index (χ2n) is 9.65. The molecule has 188 valence electrons.